The van der Waals surface area contributed by atoms with Gasteiger partial charge in [-0.05, 0) is 44.9 Å². The summed E-state index contributed by atoms with van der Waals surface area (Å²) in [6.07, 6.45) is 1.53. The van der Waals surface area contributed by atoms with Crippen LogP contribution in [0.25, 0.3) is 0 Å². The lowest BCUT2D eigenvalue weighted by molar-refractivity contribution is -0.384. The van der Waals surface area contributed by atoms with Crippen LogP contribution in [0.3, 0.4) is 0 Å². The molecule has 4 heterocycles. The summed E-state index contributed by atoms with van der Waals surface area (Å²) in [5, 5.41) is 14.3. The molecule has 0 radical (unpaired) electrons. The molecule has 2 aromatic carbocycles. The molecule has 0 bridgehead atoms. The van der Waals surface area contributed by atoms with E-state index in [1.807, 2.05) is 26.0 Å². The van der Waals surface area contributed by atoms with Crippen molar-refractivity contribution < 1.29 is 24.0 Å². The van der Waals surface area contributed by atoms with Crippen molar-refractivity contribution in [1.82, 2.24) is 4.90 Å². The molecule has 6 rings (SSSR count). The number of anilines is 2. The number of amides is 3. The number of aryl methyl sites for hydroxylation is 2. The molecule has 1 N–H and O–H groups in total. The third-order valence-corrected chi connectivity index (χ3v) is 8.06. The summed E-state index contributed by atoms with van der Waals surface area (Å²) in [6.45, 7) is 4.50. The minimum atomic E-state index is -1.27. The Bertz CT molecular complexity index is 1360. The second kappa shape index (κ2) is 7.11. The molecule has 1 spiro atoms. The van der Waals surface area contributed by atoms with Gasteiger partial charge in [0.15, 0.2) is 0 Å². The van der Waals surface area contributed by atoms with Crippen molar-refractivity contribution >= 4 is 34.8 Å². The number of non-ortho nitro benzene ring substituents is 1. The van der Waals surface area contributed by atoms with Crippen LogP contribution in [0.5, 0.6) is 5.75 Å². The number of benzene rings is 2. The van der Waals surface area contributed by atoms with Gasteiger partial charge in [0.2, 0.25) is 17.7 Å². The Morgan fingerprint density at radius 2 is 1.91 bits per heavy atom. The smallest absolute Gasteiger partial charge is 0.273 e. The summed E-state index contributed by atoms with van der Waals surface area (Å²) in [7, 11) is 1.33. The molecule has 0 aliphatic carbocycles. The molecule has 4 atom stereocenters. The van der Waals surface area contributed by atoms with Crippen LogP contribution in [0.4, 0.5) is 17.1 Å². The minimum absolute atomic E-state index is 0.0566. The predicted molar refractivity (Wildman–Crippen MR) is 125 cm³/mol. The maximum Gasteiger partial charge on any atom is 0.273 e. The van der Waals surface area contributed by atoms with Gasteiger partial charge in [0.1, 0.15) is 11.3 Å². The zero-order chi connectivity index (χ0) is 24.8. The molecule has 10 nitrogen and oxygen atoms in total. The molecule has 35 heavy (non-hydrogen) atoms. The normalized spacial score (nSPS) is 28.9. The van der Waals surface area contributed by atoms with Crippen LogP contribution in [-0.2, 0) is 19.9 Å². The van der Waals surface area contributed by atoms with Crippen LogP contribution < -0.4 is 15.0 Å². The van der Waals surface area contributed by atoms with E-state index in [9.17, 15) is 24.5 Å². The molecule has 0 aromatic heterocycles. The number of hydrogen-bond acceptors (Lipinski definition) is 7. The first-order chi connectivity index (χ1) is 16.7. The van der Waals surface area contributed by atoms with Gasteiger partial charge in [-0.3, -0.25) is 29.4 Å². The first-order valence-electron chi connectivity index (χ1n) is 11.6. The lowest BCUT2D eigenvalue weighted by Gasteiger charge is -2.37. The number of methoxy groups -OCH3 is 1. The van der Waals surface area contributed by atoms with E-state index >= 15 is 0 Å². The van der Waals surface area contributed by atoms with Gasteiger partial charge in [-0.1, -0.05) is 17.7 Å². The highest BCUT2D eigenvalue weighted by Crippen LogP contribution is 2.61. The molecule has 2 aromatic rings. The number of nitrogens with zero attached hydrogens (tertiary/aromatic N) is 3. The Morgan fingerprint density at radius 1 is 1.14 bits per heavy atom. The first kappa shape index (κ1) is 21.7. The minimum Gasteiger partial charge on any atom is -0.494 e. The number of imide groups is 1. The molecule has 0 saturated carbocycles. The fourth-order valence-corrected chi connectivity index (χ4v) is 6.86. The van der Waals surface area contributed by atoms with Crippen LogP contribution in [0.1, 0.15) is 29.5 Å². The lowest BCUT2D eigenvalue weighted by atomic mass is 9.75. The van der Waals surface area contributed by atoms with Gasteiger partial charge in [-0.2, -0.15) is 0 Å². The second-order valence-electron chi connectivity index (χ2n) is 9.76. The van der Waals surface area contributed by atoms with E-state index in [2.05, 4.69) is 10.2 Å². The average Bonchev–Trinajstić information content (AvgIpc) is 3.52. The van der Waals surface area contributed by atoms with Gasteiger partial charge in [0.05, 0.1) is 35.6 Å². The van der Waals surface area contributed by atoms with Crippen molar-refractivity contribution in [3.05, 3.63) is 57.1 Å². The third-order valence-electron chi connectivity index (χ3n) is 8.06. The number of nitrogens with one attached hydrogen (secondary N) is 1. The molecule has 180 valence electrons. The fourth-order valence-electron chi connectivity index (χ4n) is 6.86. The first-order valence-corrected chi connectivity index (χ1v) is 11.6. The predicted octanol–water partition coefficient (Wildman–Crippen LogP) is 2.65. The summed E-state index contributed by atoms with van der Waals surface area (Å²) >= 11 is 0. The molecule has 3 saturated heterocycles. The molecule has 3 amide bonds. The highest BCUT2D eigenvalue weighted by Gasteiger charge is 2.74. The van der Waals surface area contributed by atoms with Crippen LogP contribution in [0, 0.1) is 35.8 Å². The number of carbonyl (C=O) groups is 3. The van der Waals surface area contributed by atoms with E-state index in [1.54, 1.807) is 0 Å². The van der Waals surface area contributed by atoms with Gasteiger partial charge in [-0.15, -0.1) is 0 Å². The van der Waals surface area contributed by atoms with Crippen molar-refractivity contribution in [3.63, 3.8) is 0 Å². The zero-order valence-electron chi connectivity index (χ0n) is 19.5. The molecule has 4 aliphatic heterocycles. The molecule has 0 unspecified atom stereocenters. The number of fused-ring (bicyclic) bond motifs is 7. The van der Waals surface area contributed by atoms with E-state index in [0.29, 0.717) is 18.7 Å². The number of ether oxygens (including phenoxy) is 1. The van der Waals surface area contributed by atoms with Gasteiger partial charge < -0.3 is 10.1 Å². The average molecular weight is 476 g/mol. The maximum absolute atomic E-state index is 14.1. The fraction of sp³-hybridized carbons (Fsp3) is 0.400. The van der Waals surface area contributed by atoms with E-state index in [0.717, 1.165) is 28.0 Å². The van der Waals surface area contributed by atoms with Gasteiger partial charge in [0.25, 0.3) is 5.69 Å². The number of nitro benzene ring substituents is 1. The Hall–Kier alpha value is -3.79. The SMILES string of the molecule is COc1cc([N+](=O)[O-])ccc1N1C(=O)[C@@H]2[C@@H]3CCCN3[C@@]3(C(=O)Nc4c(C)cc(C)cc43)[C@H]2C1=O. The van der Waals surface area contributed by atoms with Crippen molar-refractivity contribution in [1.29, 1.82) is 0 Å². The molecular formula is C25H24N4O6. The highest BCUT2D eigenvalue weighted by molar-refractivity contribution is 6.26. The Balaban J connectivity index is 1.55. The Morgan fingerprint density at radius 3 is 2.63 bits per heavy atom. The maximum atomic E-state index is 14.1. The van der Waals surface area contributed by atoms with Gasteiger partial charge in [-0.25, -0.2) is 4.90 Å². The van der Waals surface area contributed by atoms with E-state index in [1.165, 1.54) is 25.3 Å². The summed E-state index contributed by atoms with van der Waals surface area (Å²) in [5.74, 6) is -2.69. The highest BCUT2D eigenvalue weighted by atomic mass is 16.6. The Kier molecular flexibility index (Phi) is 4.41. The molecular weight excluding hydrogens is 452 g/mol. The van der Waals surface area contributed by atoms with Crippen molar-refractivity contribution in [2.75, 3.05) is 23.9 Å². The number of nitro groups is 1. The number of hydrogen-bond donors (Lipinski definition) is 1. The Labute approximate surface area is 201 Å². The number of carbonyl (C=O) groups excluding carboxylic acids is 3. The van der Waals surface area contributed by atoms with Gasteiger partial charge >= 0.3 is 0 Å². The number of rotatable bonds is 3. The summed E-state index contributed by atoms with van der Waals surface area (Å²) < 4.78 is 5.34. The van der Waals surface area contributed by atoms with E-state index in [4.69, 9.17) is 4.74 Å². The van der Waals surface area contributed by atoms with E-state index in [-0.39, 0.29) is 29.1 Å². The van der Waals surface area contributed by atoms with Crippen LogP contribution >= 0.6 is 0 Å². The monoisotopic (exact) mass is 476 g/mol. The summed E-state index contributed by atoms with van der Waals surface area (Å²) in [4.78, 5) is 55.6. The van der Waals surface area contributed by atoms with Crippen LogP contribution in [0.15, 0.2) is 30.3 Å². The van der Waals surface area contributed by atoms with E-state index < -0.39 is 34.1 Å². The molecule has 4 aliphatic rings. The standard InChI is InChI=1S/C25H24N4O6/c1-12-9-13(2)21-15(10-12)25(24(32)26-21)20-19(17-5-4-8-27(17)25)22(30)28(23(20)31)16-7-6-14(29(33)34)11-18(16)35-3/h6-7,9-11,17,19-20H,4-5,8H2,1-3H3,(H,26,32)/t17-,19+,20+,25+/m0/s1. The topological polar surface area (TPSA) is 122 Å². The van der Waals surface area contributed by atoms with Crippen molar-refractivity contribution in [3.8, 4) is 5.75 Å². The van der Waals surface area contributed by atoms with Crippen LogP contribution in [-0.4, -0.2) is 47.2 Å². The molecule has 10 heteroatoms. The van der Waals surface area contributed by atoms with Crippen molar-refractivity contribution in [2.45, 2.75) is 38.3 Å². The second-order valence-corrected chi connectivity index (χ2v) is 9.76. The van der Waals surface area contributed by atoms with Gasteiger partial charge in [0, 0.05) is 23.4 Å². The lowest BCUT2D eigenvalue weighted by Crippen LogP contribution is -2.54. The van der Waals surface area contributed by atoms with Crippen LogP contribution in [0.2, 0.25) is 0 Å². The zero-order valence-corrected chi connectivity index (χ0v) is 19.5. The quantitative estimate of drug-likeness (QED) is 0.411. The third kappa shape index (κ3) is 2.54. The summed E-state index contributed by atoms with van der Waals surface area (Å²) in [5.41, 5.74) is 2.02. The summed E-state index contributed by atoms with van der Waals surface area (Å²) in [6, 6.07) is 7.50. The largest absolute Gasteiger partial charge is 0.494 e. The molecule has 3 fully saturated rings. The van der Waals surface area contributed by atoms with Crippen molar-refractivity contribution in [2.24, 2.45) is 11.8 Å².